The largest absolute Gasteiger partial charge is 0.279 e. The van der Waals surface area contributed by atoms with Gasteiger partial charge in [-0.1, -0.05) is 6.07 Å². The van der Waals surface area contributed by atoms with Crippen LogP contribution in [0.25, 0.3) is 5.52 Å². The Labute approximate surface area is 166 Å². The van der Waals surface area contributed by atoms with E-state index in [4.69, 9.17) is 5.26 Å². The maximum atomic E-state index is 12.9. The Morgan fingerprint density at radius 1 is 1.34 bits per heavy atom. The molecule has 0 unspecified atom stereocenters. The number of non-ortho nitro benzene ring substituents is 1. The molecule has 0 N–H and O–H groups in total. The number of hydrogen-bond acceptors (Lipinski definition) is 7. The van der Waals surface area contributed by atoms with Crippen LogP contribution in [0.4, 0.5) is 5.69 Å². The maximum absolute atomic E-state index is 12.9. The Balaban J connectivity index is 2.04. The number of benzene rings is 1. The van der Waals surface area contributed by atoms with Gasteiger partial charge in [0.2, 0.25) is 0 Å². The lowest BCUT2D eigenvalue weighted by Gasteiger charge is -2.16. The monoisotopic (exact) mass is 412 g/mol. The molecule has 148 valence electrons. The number of fused-ring (bicyclic) bond motifs is 1. The Kier molecular flexibility index (Phi) is 5.04. The number of aromatic nitrogens is 2. The minimum absolute atomic E-state index is 0.197. The van der Waals surface area contributed by atoms with Crippen molar-refractivity contribution in [2.45, 2.75) is 18.7 Å². The van der Waals surface area contributed by atoms with Gasteiger partial charge in [0.05, 0.1) is 38.9 Å². The molecule has 0 saturated heterocycles. The summed E-state index contributed by atoms with van der Waals surface area (Å²) < 4.78 is 28.2. The molecule has 0 aliphatic heterocycles. The molecule has 0 saturated carbocycles. The molecule has 0 amide bonds. The summed E-state index contributed by atoms with van der Waals surface area (Å²) in [6.07, 6.45) is 3.14. The molecule has 0 bridgehead atoms. The Hall–Kier alpha value is -3.78. The molecular formula is C18H16N6O4S. The van der Waals surface area contributed by atoms with Gasteiger partial charge in [-0.25, -0.2) is 4.52 Å². The van der Waals surface area contributed by atoms with Crippen LogP contribution in [0.5, 0.6) is 0 Å². The van der Waals surface area contributed by atoms with E-state index >= 15 is 0 Å². The third kappa shape index (κ3) is 3.65. The van der Waals surface area contributed by atoms with Crippen LogP contribution < -0.4 is 0 Å². The number of nitriles is 1. The van der Waals surface area contributed by atoms with Crippen molar-refractivity contribution in [2.24, 2.45) is 5.10 Å². The number of rotatable bonds is 5. The van der Waals surface area contributed by atoms with E-state index in [0.29, 0.717) is 27.9 Å². The maximum Gasteiger partial charge on any atom is 0.279 e. The zero-order valence-electron chi connectivity index (χ0n) is 15.8. The van der Waals surface area contributed by atoms with E-state index in [1.165, 1.54) is 25.4 Å². The first-order valence-electron chi connectivity index (χ1n) is 8.32. The topological polar surface area (TPSA) is 134 Å². The third-order valence-corrected chi connectivity index (χ3v) is 6.11. The van der Waals surface area contributed by atoms with Gasteiger partial charge in [-0.05, 0) is 31.5 Å². The minimum Gasteiger partial charge on any atom is -0.258 e. The summed E-state index contributed by atoms with van der Waals surface area (Å²) >= 11 is 0. The third-order valence-electron chi connectivity index (χ3n) is 4.34. The second-order valence-electron chi connectivity index (χ2n) is 6.25. The van der Waals surface area contributed by atoms with Crippen molar-refractivity contribution in [2.75, 3.05) is 7.05 Å². The lowest BCUT2D eigenvalue weighted by molar-refractivity contribution is -0.385. The van der Waals surface area contributed by atoms with Crippen molar-refractivity contribution in [3.8, 4) is 6.07 Å². The van der Waals surface area contributed by atoms with E-state index < -0.39 is 14.9 Å². The van der Waals surface area contributed by atoms with Crippen LogP contribution in [-0.2, 0) is 10.0 Å². The molecule has 1 aromatic carbocycles. The van der Waals surface area contributed by atoms with E-state index in [9.17, 15) is 18.5 Å². The predicted octanol–water partition coefficient (Wildman–Crippen LogP) is 2.47. The average molecular weight is 412 g/mol. The van der Waals surface area contributed by atoms with Gasteiger partial charge in [0, 0.05) is 30.9 Å². The molecule has 10 nitrogen and oxygen atoms in total. The van der Waals surface area contributed by atoms with Gasteiger partial charge >= 0.3 is 0 Å². The van der Waals surface area contributed by atoms with Gasteiger partial charge in [-0.2, -0.15) is 28.3 Å². The minimum atomic E-state index is -4.12. The Morgan fingerprint density at radius 2 is 2.07 bits per heavy atom. The number of nitro groups is 1. The molecule has 0 aliphatic carbocycles. The average Bonchev–Trinajstić information content (AvgIpc) is 3.10. The van der Waals surface area contributed by atoms with Gasteiger partial charge < -0.3 is 0 Å². The second kappa shape index (κ2) is 7.33. The first-order valence-corrected chi connectivity index (χ1v) is 9.76. The lowest BCUT2D eigenvalue weighted by atomic mass is 10.1. The standard InChI is InChI=1S/C18H16N6O4S/c1-12-4-5-15(24(25)26)9-18(12)29(27,28)22(3)21-13(2)16-11-20-23-7-6-14(10-19)8-17(16)23/h4-9,11H,1-3H3/b21-13-. The summed E-state index contributed by atoms with van der Waals surface area (Å²) in [4.78, 5) is 10.2. The quantitative estimate of drug-likeness (QED) is 0.359. The van der Waals surface area contributed by atoms with Crippen LogP contribution in [0.1, 0.15) is 23.6 Å². The highest BCUT2D eigenvalue weighted by atomic mass is 32.2. The van der Waals surface area contributed by atoms with Gasteiger partial charge in [0.15, 0.2) is 0 Å². The van der Waals surface area contributed by atoms with Gasteiger partial charge in [-0.3, -0.25) is 10.1 Å². The molecule has 3 rings (SSSR count). The number of nitrogens with zero attached hydrogens (tertiary/aromatic N) is 6. The summed E-state index contributed by atoms with van der Waals surface area (Å²) in [5.41, 5.74) is 1.98. The van der Waals surface area contributed by atoms with Gasteiger partial charge in [0.25, 0.3) is 15.7 Å². The first kappa shape index (κ1) is 20.0. The van der Waals surface area contributed by atoms with Gasteiger partial charge in [-0.15, -0.1) is 0 Å². The summed E-state index contributed by atoms with van der Waals surface area (Å²) in [5.74, 6) is 0. The Bertz CT molecular complexity index is 1300. The van der Waals surface area contributed by atoms with Crippen LogP contribution in [0, 0.1) is 28.4 Å². The lowest BCUT2D eigenvalue weighted by Crippen LogP contribution is -2.24. The fraction of sp³-hybridized carbons (Fsp3) is 0.167. The highest BCUT2D eigenvalue weighted by molar-refractivity contribution is 7.89. The predicted molar refractivity (Wildman–Crippen MR) is 105 cm³/mol. The molecule has 0 spiro atoms. The molecule has 0 atom stereocenters. The highest BCUT2D eigenvalue weighted by Crippen LogP contribution is 2.25. The van der Waals surface area contributed by atoms with Crippen molar-refractivity contribution in [3.63, 3.8) is 0 Å². The van der Waals surface area contributed by atoms with Crippen LogP contribution in [-0.4, -0.2) is 40.1 Å². The van der Waals surface area contributed by atoms with Crippen molar-refractivity contribution in [3.05, 3.63) is 69.5 Å². The second-order valence-corrected chi connectivity index (χ2v) is 8.17. The normalized spacial score (nSPS) is 12.0. The fourth-order valence-corrected chi connectivity index (χ4v) is 4.03. The zero-order chi connectivity index (χ0) is 21.3. The fourth-order valence-electron chi connectivity index (χ4n) is 2.77. The molecule has 29 heavy (non-hydrogen) atoms. The van der Waals surface area contributed by atoms with Crippen molar-refractivity contribution in [1.29, 1.82) is 5.26 Å². The molecule has 0 aliphatic rings. The first-order chi connectivity index (χ1) is 13.6. The molecular weight excluding hydrogens is 396 g/mol. The molecule has 0 fully saturated rings. The van der Waals surface area contributed by atoms with Crippen molar-refractivity contribution >= 4 is 26.9 Å². The van der Waals surface area contributed by atoms with Crippen molar-refractivity contribution in [1.82, 2.24) is 14.0 Å². The van der Waals surface area contributed by atoms with Crippen molar-refractivity contribution < 1.29 is 13.3 Å². The van der Waals surface area contributed by atoms with Crippen LogP contribution in [0.3, 0.4) is 0 Å². The molecule has 0 radical (unpaired) electrons. The van der Waals surface area contributed by atoms with E-state index in [-0.39, 0.29) is 10.6 Å². The highest BCUT2D eigenvalue weighted by Gasteiger charge is 2.25. The number of aryl methyl sites for hydroxylation is 1. The number of nitro benzene ring substituents is 1. The summed E-state index contributed by atoms with van der Waals surface area (Å²) in [6.45, 7) is 3.16. The molecule has 3 aromatic rings. The molecule has 2 aromatic heterocycles. The number of hydrogen-bond donors (Lipinski definition) is 0. The Morgan fingerprint density at radius 3 is 2.72 bits per heavy atom. The number of sulfonamides is 1. The van der Waals surface area contributed by atoms with Crippen LogP contribution in [0.2, 0.25) is 0 Å². The van der Waals surface area contributed by atoms with E-state index in [2.05, 4.69) is 10.2 Å². The van der Waals surface area contributed by atoms with E-state index in [1.807, 2.05) is 6.07 Å². The summed E-state index contributed by atoms with van der Waals surface area (Å²) in [7, 11) is -2.86. The molecule has 11 heteroatoms. The molecule has 2 heterocycles. The summed E-state index contributed by atoms with van der Waals surface area (Å²) in [5, 5.41) is 28.4. The van der Waals surface area contributed by atoms with Crippen LogP contribution >= 0.6 is 0 Å². The van der Waals surface area contributed by atoms with Crippen LogP contribution in [0.15, 0.2) is 52.7 Å². The van der Waals surface area contributed by atoms with Gasteiger partial charge in [0.1, 0.15) is 0 Å². The zero-order valence-corrected chi connectivity index (χ0v) is 16.6. The van der Waals surface area contributed by atoms with E-state index in [1.54, 1.807) is 36.7 Å². The number of hydrazone groups is 1. The summed E-state index contributed by atoms with van der Waals surface area (Å²) in [6, 6.07) is 8.91. The smallest absolute Gasteiger partial charge is 0.258 e. The SMILES string of the molecule is C/C(=N/N(C)S(=O)(=O)c1cc([N+](=O)[O-])ccc1C)c1cnn2ccc(C#N)cc12. The number of pyridine rings is 1. The van der Waals surface area contributed by atoms with E-state index in [0.717, 1.165) is 10.5 Å².